The SMILES string of the molecule is Cc1ccc(CNC(=O)c2ccc(OCc3nnc(C(=O)Nc4ccc(F)cc4)s3)cc2)o1. The highest BCUT2D eigenvalue weighted by Crippen LogP contribution is 2.18. The van der Waals surface area contributed by atoms with Gasteiger partial charge in [0, 0.05) is 11.3 Å². The molecule has 8 nitrogen and oxygen atoms in total. The molecule has 2 amide bonds. The summed E-state index contributed by atoms with van der Waals surface area (Å²) in [6.45, 7) is 2.26. The summed E-state index contributed by atoms with van der Waals surface area (Å²) in [4.78, 5) is 24.5. The Morgan fingerprint density at radius 1 is 1.00 bits per heavy atom. The summed E-state index contributed by atoms with van der Waals surface area (Å²) >= 11 is 1.09. The van der Waals surface area contributed by atoms with Gasteiger partial charge in [0.05, 0.1) is 6.54 Å². The highest BCUT2D eigenvalue weighted by atomic mass is 32.1. The first-order valence-electron chi connectivity index (χ1n) is 9.92. The van der Waals surface area contributed by atoms with Crippen LogP contribution in [0.5, 0.6) is 5.75 Å². The van der Waals surface area contributed by atoms with Gasteiger partial charge in [0.1, 0.15) is 29.7 Å². The molecule has 2 aromatic carbocycles. The molecule has 0 unspecified atom stereocenters. The van der Waals surface area contributed by atoms with Crippen molar-refractivity contribution in [2.45, 2.75) is 20.1 Å². The Hall–Kier alpha value is -4.05. The summed E-state index contributed by atoms with van der Waals surface area (Å²) in [7, 11) is 0. The third-order valence-corrected chi connectivity index (χ3v) is 5.36. The number of aryl methyl sites for hydroxylation is 1. The van der Waals surface area contributed by atoms with Crippen LogP contribution in [0.25, 0.3) is 0 Å². The molecule has 0 spiro atoms. The molecule has 2 N–H and O–H groups in total. The van der Waals surface area contributed by atoms with Crippen LogP contribution in [-0.4, -0.2) is 22.0 Å². The number of hydrogen-bond donors (Lipinski definition) is 2. The molecule has 0 atom stereocenters. The molecule has 10 heteroatoms. The number of amides is 2. The van der Waals surface area contributed by atoms with Crippen molar-refractivity contribution < 1.29 is 23.1 Å². The van der Waals surface area contributed by atoms with Crippen LogP contribution in [-0.2, 0) is 13.2 Å². The average molecular weight is 466 g/mol. The number of ether oxygens (including phenoxy) is 1. The maximum Gasteiger partial charge on any atom is 0.286 e. The molecule has 0 radical (unpaired) electrons. The van der Waals surface area contributed by atoms with Crippen molar-refractivity contribution in [2.24, 2.45) is 0 Å². The fraction of sp³-hybridized carbons (Fsp3) is 0.130. The molecule has 0 bridgehead atoms. The first-order valence-corrected chi connectivity index (χ1v) is 10.7. The lowest BCUT2D eigenvalue weighted by Crippen LogP contribution is -2.22. The number of carbonyl (C=O) groups is 2. The van der Waals surface area contributed by atoms with Gasteiger partial charge in [-0.15, -0.1) is 10.2 Å². The normalized spacial score (nSPS) is 10.6. The molecule has 2 heterocycles. The lowest BCUT2D eigenvalue weighted by atomic mass is 10.2. The topological polar surface area (TPSA) is 106 Å². The van der Waals surface area contributed by atoms with E-state index in [1.807, 2.05) is 19.1 Å². The van der Waals surface area contributed by atoms with Gasteiger partial charge in [0.2, 0.25) is 5.01 Å². The Morgan fingerprint density at radius 3 is 2.45 bits per heavy atom. The van der Waals surface area contributed by atoms with Crippen LogP contribution < -0.4 is 15.4 Å². The highest BCUT2D eigenvalue weighted by Gasteiger charge is 2.14. The van der Waals surface area contributed by atoms with E-state index < -0.39 is 5.91 Å². The van der Waals surface area contributed by atoms with Crippen LogP contribution >= 0.6 is 11.3 Å². The maximum atomic E-state index is 13.0. The number of nitrogens with zero attached hydrogens (tertiary/aromatic N) is 2. The summed E-state index contributed by atoms with van der Waals surface area (Å²) in [5, 5.41) is 13.9. The summed E-state index contributed by atoms with van der Waals surface area (Å²) in [6.07, 6.45) is 0. The minimum Gasteiger partial charge on any atom is -0.486 e. The molecule has 4 rings (SSSR count). The largest absolute Gasteiger partial charge is 0.486 e. The van der Waals surface area contributed by atoms with Crippen molar-refractivity contribution in [1.29, 1.82) is 0 Å². The van der Waals surface area contributed by atoms with E-state index in [1.54, 1.807) is 24.3 Å². The Labute approximate surface area is 192 Å². The Balaban J connectivity index is 1.27. The van der Waals surface area contributed by atoms with Gasteiger partial charge in [-0.25, -0.2) is 4.39 Å². The summed E-state index contributed by atoms with van der Waals surface area (Å²) < 4.78 is 24.1. The number of hydrogen-bond acceptors (Lipinski definition) is 7. The van der Waals surface area contributed by atoms with E-state index in [-0.39, 0.29) is 23.3 Å². The van der Waals surface area contributed by atoms with Crippen LogP contribution in [0, 0.1) is 12.7 Å². The molecule has 0 fully saturated rings. The van der Waals surface area contributed by atoms with Gasteiger partial charge in [-0.3, -0.25) is 9.59 Å². The maximum absolute atomic E-state index is 13.0. The number of rotatable bonds is 8. The number of carbonyl (C=O) groups excluding carboxylic acids is 2. The molecule has 0 aliphatic carbocycles. The van der Waals surface area contributed by atoms with Crippen molar-refractivity contribution in [1.82, 2.24) is 15.5 Å². The number of anilines is 1. The average Bonchev–Trinajstić information content (AvgIpc) is 3.47. The van der Waals surface area contributed by atoms with Gasteiger partial charge in [0.15, 0.2) is 5.01 Å². The van der Waals surface area contributed by atoms with Crippen molar-refractivity contribution in [3.63, 3.8) is 0 Å². The zero-order chi connectivity index (χ0) is 23.2. The number of furan rings is 1. The molecular formula is C23H19FN4O4S. The van der Waals surface area contributed by atoms with Gasteiger partial charge in [-0.1, -0.05) is 11.3 Å². The Kier molecular flexibility index (Phi) is 6.75. The van der Waals surface area contributed by atoms with Crippen LogP contribution in [0.15, 0.2) is 65.1 Å². The van der Waals surface area contributed by atoms with Crippen molar-refractivity contribution in [2.75, 3.05) is 5.32 Å². The summed E-state index contributed by atoms with van der Waals surface area (Å²) in [5.74, 6) is 0.962. The monoisotopic (exact) mass is 466 g/mol. The van der Waals surface area contributed by atoms with Crippen LogP contribution in [0.1, 0.15) is 36.7 Å². The van der Waals surface area contributed by atoms with E-state index in [9.17, 15) is 14.0 Å². The predicted octanol–water partition coefficient (Wildman–Crippen LogP) is 4.34. The molecule has 33 heavy (non-hydrogen) atoms. The molecule has 0 saturated heterocycles. The number of halogens is 1. The summed E-state index contributed by atoms with van der Waals surface area (Å²) in [5.41, 5.74) is 0.944. The highest BCUT2D eigenvalue weighted by molar-refractivity contribution is 7.13. The quantitative estimate of drug-likeness (QED) is 0.400. The first-order chi connectivity index (χ1) is 16.0. The third-order valence-electron chi connectivity index (χ3n) is 4.46. The molecular weight excluding hydrogens is 447 g/mol. The molecule has 0 aliphatic heterocycles. The molecule has 0 saturated carbocycles. The third kappa shape index (κ3) is 6.01. The number of benzene rings is 2. The van der Waals surface area contributed by atoms with E-state index >= 15 is 0 Å². The van der Waals surface area contributed by atoms with Crippen molar-refractivity contribution in [3.8, 4) is 5.75 Å². The second kappa shape index (κ2) is 10.0. The van der Waals surface area contributed by atoms with E-state index in [4.69, 9.17) is 9.15 Å². The lowest BCUT2D eigenvalue weighted by Gasteiger charge is -2.06. The van der Waals surface area contributed by atoms with Gasteiger partial charge in [-0.2, -0.15) is 0 Å². The minimum atomic E-state index is -0.439. The van der Waals surface area contributed by atoms with Gasteiger partial charge in [0.25, 0.3) is 11.8 Å². The smallest absolute Gasteiger partial charge is 0.286 e. The van der Waals surface area contributed by atoms with Crippen LogP contribution in [0.3, 0.4) is 0 Å². The standard InChI is InChI=1S/C23H19FN4O4S/c1-14-2-9-19(32-14)12-25-21(29)15-3-10-18(11-4-15)31-13-20-27-28-23(33-20)22(30)26-17-7-5-16(24)6-8-17/h2-11H,12-13H2,1H3,(H,25,29)(H,26,30). The van der Waals surface area contributed by atoms with E-state index in [0.29, 0.717) is 34.3 Å². The molecule has 0 aliphatic rings. The fourth-order valence-corrected chi connectivity index (χ4v) is 3.47. The summed E-state index contributed by atoms with van der Waals surface area (Å²) in [6, 6.07) is 15.7. The number of aromatic nitrogens is 2. The predicted molar refractivity (Wildman–Crippen MR) is 120 cm³/mol. The second-order valence-electron chi connectivity index (χ2n) is 6.97. The Bertz CT molecular complexity index is 1250. The second-order valence-corrected chi connectivity index (χ2v) is 8.03. The first kappa shape index (κ1) is 22.2. The lowest BCUT2D eigenvalue weighted by molar-refractivity contribution is 0.0947. The van der Waals surface area contributed by atoms with Gasteiger partial charge >= 0.3 is 0 Å². The molecule has 2 aromatic heterocycles. The van der Waals surface area contributed by atoms with Gasteiger partial charge in [-0.05, 0) is 67.6 Å². The zero-order valence-corrected chi connectivity index (χ0v) is 18.3. The minimum absolute atomic E-state index is 0.116. The number of nitrogens with one attached hydrogen (secondary N) is 2. The van der Waals surface area contributed by atoms with Crippen LogP contribution in [0.4, 0.5) is 10.1 Å². The van der Waals surface area contributed by atoms with E-state index in [0.717, 1.165) is 17.1 Å². The van der Waals surface area contributed by atoms with Crippen molar-refractivity contribution in [3.05, 3.63) is 93.6 Å². The zero-order valence-electron chi connectivity index (χ0n) is 17.5. The molecule has 4 aromatic rings. The van der Waals surface area contributed by atoms with E-state index in [2.05, 4.69) is 20.8 Å². The van der Waals surface area contributed by atoms with E-state index in [1.165, 1.54) is 24.3 Å². The van der Waals surface area contributed by atoms with Crippen molar-refractivity contribution >= 4 is 28.8 Å². The molecule has 168 valence electrons. The van der Waals surface area contributed by atoms with Crippen LogP contribution in [0.2, 0.25) is 0 Å². The fourth-order valence-electron chi connectivity index (χ4n) is 2.82. The Morgan fingerprint density at radius 2 is 1.76 bits per heavy atom. The van der Waals surface area contributed by atoms with Gasteiger partial charge < -0.3 is 19.8 Å².